The number of nitriles is 2. The molecule has 7 nitrogen and oxygen atoms in total. The maximum absolute atomic E-state index is 11.8. The zero-order valence-electron chi connectivity index (χ0n) is 22.3. The predicted octanol–water partition coefficient (Wildman–Crippen LogP) is 6.97. The third-order valence-corrected chi connectivity index (χ3v) is 6.14. The topological polar surface area (TPSA) is 102 Å². The van der Waals surface area contributed by atoms with Crippen LogP contribution in [0.5, 0.6) is 0 Å². The Labute approximate surface area is 227 Å². The molecule has 0 fully saturated rings. The van der Waals surface area contributed by atoms with Crippen molar-refractivity contribution in [3.63, 3.8) is 0 Å². The quantitative estimate of drug-likeness (QED) is 0.137. The second kappa shape index (κ2) is 20.6. The Morgan fingerprint density at radius 3 is 1.42 bits per heavy atom. The molecule has 2 aromatic rings. The Bertz CT molecular complexity index is 878. The summed E-state index contributed by atoms with van der Waals surface area (Å²) in [5.74, 6) is -0.340. The van der Waals surface area contributed by atoms with Crippen molar-refractivity contribution in [2.24, 2.45) is 11.8 Å². The molecule has 0 aliphatic rings. The largest absolute Gasteiger partial charge is 0.508 e. The Morgan fingerprint density at radius 2 is 1.03 bits per heavy atom. The molecule has 0 amide bonds. The Balaban J connectivity index is 1.43. The highest BCUT2D eigenvalue weighted by molar-refractivity contribution is 5.59. The van der Waals surface area contributed by atoms with Gasteiger partial charge in [-0.3, -0.25) is 0 Å². The van der Waals surface area contributed by atoms with Gasteiger partial charge in [-0.2, -0.15) is 10.5 Å². The fourth-order valence-electron chi connectivity index (χ4n) is 3.88. The summed E-state index contributed by atoms with van der Waals surface area (Å²) < 4.78 is 21.6. The Hall–Kier alpha value is -3.39. The number of ether oxygens (including phenoxy) is 4. The molecule has 0 N–H and O–H groups in total. The number of benzene rings is 2. The molecule has 0 aromatic heterocycles. The van der Waals surface area contributed by atoms with E-state index in [1.807, 2.05) is 60.7 Å². The maximum Gasteiger partial charge on any atom is 0.508 e. The number of carbonyl (C=O) groups excluding carboxylic acids is 1. The van der Waals surface area contributed by atoms with Crippen molar-refractivity contribution in [2.75, 3.05) is 26.4 Å². The predicted molar refractivity (Wildman–Crippen MR) is 145 cm³/mol. The standard InChI is InChI=1S/C31H40N2O5/c32-23-27(11-7-9-19-35-25-29-13-3-1-4-14-29)17-21-37-31(34)38-22-18-28(24-33)12-8-10-20-36-26-30-15-5-2-6-16-30/h1-6,13-16,27-28H,7-12,17-22,25-26H2. The lowest BCUT2D eigenvalue weighted by Crippen LogP contribution is -2.13. The first-order chi connectivity index (χ1) is 18.7. The van der Waals surface area contributed by atoms with Crippen LogP contribution in [0.4, 0.5) is 4.79 Å². The number of hydrogen-bond acceptors (Lipinski definition) is 7. The van der Waals surface area contributed by atoms with Gasteiger partial charge in [0, 0.05) is 25.0 Å². The highest BCUT2D eigenvalue weighted by atomic mass is 16.7. The van der Waals surface area contributed by atoms with Crippen LogP contribution in [0.15, 0.2) is 60.7 Å². The summed E-state index contributed by atoms with van der Waals surface area (Å²) in [6.07, 6.45) is 5.21. The van der Waals surface area contributed by atoms with E-state index in [0.717, 1.165) is 49.7 Å². The molecule has 38 heavy (non-hydrogen) atoms. The highest BCUT2D eigenvalue weighted by Crippen LogP contribution is 2.14. The highest BCUT2D eigenvalue weighted by Gasteiger charge is 2.12. The van der Waals surface area contributed by atoms with Crippen LogP contribution in [0.2, 0.25) is 0 Å². The van der Waals surface area contributed by atoms with Crippen molar-refractivity contribution in [1.82, 2.24) is 0 Å². The third kappa shape index (κ3) is 15.0. The fourth-order valence-corrected chi connectivity index (χ4v) is 3.88. The van der Waals surface area contributed by atoms with Crippen molar-refractivity contribution in [2.45, 2.75) is 64.6 Å². The summed E-state index contributed by atoms with van der Waals surface area (Å²) in [6.45, 7) is 2.79. The van der Waals surface area contributed by atoms with Gasteiger partial charge in [-0.25, -0.2) is 4.79 Å². The third-order valence-electron chi connectivity index (χ3n) is 6.14. The molecule has 0 bridgehead atoms. The minimum Gasteiger partial charge on any atom is -0.434 e. The molecule has 0 saturated carbocycles. The lowest BCUT2D eigenvalue weighted by Gasteiger charge is -2.11. The maximum atomic E-state index is 11.8. The SMILES string of the molecule is N#CC(CCCCOCc1ccccc1)CCOC(=O)OCCC(C#N)CCCCOCc1ccccc1. The van der Waals surface area contributed by atoms with Crippen molar-refractivity contribution in [1.29, 1.82) is 10.5 Å². The zero-order valence-corrected chi connectivity index (χ0v) is 22.3. The summed E-state index contributed by atoms with van der Waals surface area (Å²) in [4.78, 5) is 11.8. The van der Waals surface area contributed by atoms with Gasteiger partial charge in [0.2, 0.25) is 0 Å². The van der Waals surface area contributed by atoms with Crippen LogP contribution in [-0.4, -0.2) is 32.6 Å². The van der Waals surface area contributed by atoms with E-state index < -0.39 is 6.16 Å². The van der Waals surface area contributed by atoms with E-state index in [2.05, 4.69) is 12.1 Å². The lowest BCUT2D eigenvalue weighted by molar-refractivity contribution is 0.0497. The molecule has 2 unspecified atom stereocenters. The van der Waals surface area contributed by atoms with Gasteiger partial charge in [0.15, 0.2) is 0 Å². The first kappa shape index (κ1) is 30.8. The number of unbranched alkanes of at least 4 members (excludes halogenated alkanes) is 2. The molecule has 2 aromatic carbocycles. The molecule has 0 radical (unpaired) electrons. The van der Waals surface area contributed by atoms with Crippen molar-refractivity contribution in [3.8, 4) is 12.1 Å². The van der Waals surface area contributed by atoms with Gasteiger partial charge in [0.05, 0.1) is 38.6 Å². The first-order valence-electron chi connectivity index (χ1n) is 13.5. The summed E-state index contributed by atoms with van der Waals surface area (Å²) in [5.41, 5.74) is 2.30. The lowest BCUT2D eigenvalue weighted by atomic mass is 10.0. The molecule has 0 heterocycles. The molecule has 0 saturated heterocycles. The summed E-state index contributed by atoms with van der Waals surface area (Å²) in [5, 5.41) is 18.7. The van der Waals surface area contributed by atoms with E-state index in [-0.39, 0.29) is 25.0 Å². The first-order valence-corrected chi connectivity index (χ1v) is 13.5. The van der Waals surface area contributed by atoms with Gasteiger partial charge in [0.1, 0.15) is 0 Å². The molecule has 2 atom stereocenters. The van der Waals surface area contributed by atoms with Crippen molar-refractivity contribution < 1.29 is 23.7 Å². The van der Waals surface area contributed by atoms with Crippen molar-refractivity contribution in [3.05, 3.63) is 71.8 Å². The van der Waals surface area contributed by atoms with E-state index in [9.17, 15) is 15.3 Å². The van der Waals surface area contributed by atoms with E-state index in [4.69, 9.17) is 18.9 Å². The van der Waals surface area contributed by atoms with Gasteiger partial charge in [-0.1, -0.05) is 60.7 Å². The van der Waals surface area contributed by atoms with Gasteiger partial charge in [-0.15, -0.1) is 0 Å². The van der Waals surface area contributed by atoms with Crippen molar-refractivity contribution >= 4 is 6.16 Å². The molecule has 204 valence electrons. The van der Waals surface area contributed by atoms with Crippen LogP contribution in [0, 0.1) is 34.5 Å². The van der Waals surface area contributed by atoms with Gasteiger partial charge in [-0.05, 0) is 62.5 Å². The van der Waals surface area contributed by atoms with Gasteiger partial charge in [0.25, 0.3) is 0 Å². The van der Waals surface area contributed by atoms with Crippen LogP contribution in [0.1, 0.15) is 62.5 Å². The van der Waals surface area contributed by atoms with E-state index >= 15 is 0 Å². The summed E-state index contributed by atoms with van der Waals surface area (Å²) in [7, 11) is 0. The molecular formula is C31H40N2O5. The monoisotopic (exact) mass is 520 g/mol. The fraction of sp³-hybridized carbons (Fsp3) is 0.516. The summed E-state index contributed by atoms with van der Waals surface area (Å²) in [6, 6.07) is 24.6. The minimum atomic E-state index is -0.748. The number of hydrogen-bond donors (Lipinski definition) is 0. The second-order valence-corrected chi connectivity index (χ2v) is 9.24. The van der Waals surface area contributed by atoms with E-state index in [1.165, 1.54) is 0 Å². The van der Waals surface area contributed by atoms with Crippen LogP contribution >= 0.6 is 0 Å². The van der Waals surface area contributed by atoms with E-state index in [1.54, 1.807) is 0 Å². The number of rotatable bonds is 20. The van der Waals surface area contributed by atoms with Crippen LogP contribution in [-0.2, 0) is 32.2 Å². The molecular weight excluding hydrogens is 480 g/mol. The molecule has 0 aliphatic carbocycles. The number of carbonyl (C=O) groups is 1. The summed E-state index contributed by atoms with van der Waals surface area (Å²) >= 11 is 0. The van der Waals surface area contributed by atoms with Gasteiger partial charge >= 0.3 is 6.16 Å². The minimum absolute atomic E-state index is 0.145. The number of nitrogens with zero attached hydrogens (tertiary/aromatic N) is 2. The normalized spacial score (nSPS) is 12.2. The molecule has 0 aliphatic heterocycles. The van der Waals surface area contributed by atoms with Crippen LogP contribution in [0.25, 0.3) is 0 Å². The molecule has 2 rings (SSSR count). The Kier molecular flexibility index (Phi) is 16.7. The Morgan fingerprint density at radius 1 is 0.605 bits per heavy atom. The second-order valence-electron chi connectivity index (χ2n) is 9.24. The smallest absolute Gasteiger partial charge is 0.434 e. The molecule has 0 spiro atoms. The molecule has 7 heteroatoms. The van der Waals surface area contributed by atoms with E-state index in [0.29, 0.717) is 39.3 Å². The van der Waals surface area contributed by atoms with Crippen LogP contribution < -0.4 is 0 Å². The van der Waals surface area contributed by atoms with Crippen LogP contribution in [0.3, 0.4) is 0 Å². The average molecular weight is 521 g/mol. The van der Waals surface area contributed by atoms with Gasteiger partial charge < -0.3 is 18.9 Å². The average Bonchev–Trinajstić information content (AvgIpc) is 2.95. The zero-order chi connectivity index (χ0) is 27.1.